The van der Waals surface area contributed by atoms with Crippen LogP contribution in [-0.4, -0.2) is 6.54 Å². The normalized spacial score (nSPS) is 12.7. The Hall–Kier alpha value is -1.32. The van der Waals surface area contributed by atoms with Gasteiger partial charge in [0.2, 0.25) is 0 Å². The van der Waals surface area contributed by atoms with E-state index in [4.69, 9.17) is 5.73 Å². The van der Waals surface area contributed by atoms with Gasteiger partial charge < -0.3 is 11.1 Å². The molecular weight excluding hydrogens is 240 g/mol. The summed E-state index contributed by atoms with van der Waals surface area (Å²) >= 11 is 1.74. The number of nitrogens with one attached hydrogen (secondary N) is 1. The molecule has 1 heterocycles. The molecule has 0 amide bonds. The van der Waals surface area contributed by atoms with Gasteiger partial charge in [-0.25, -0.2) is 0 Å². The molecule has 1 unspecified atom stereocenters. The standard InChI is InChI=1S/C15H20N2S/c1-11(2)12-5-7-13(8-6-12)17-14(10-16)15-4-3-9-18-15/h3-9,11,14,17H,10,16H2,1-2H3. The highest BCUT2D eigenvalue weighted by Gasteiger charge is 2.10. The van der Waals surface area contributed by atoms with Gasteiger partial charge in [0.25, 0.3) is 0 Å². The van der Waals surface area contributed by atoms with Gasteiger partial charge in [-0.15, -0.1) is 11.3 Å². The molecule has 2 rings (SSSR count). The molecule has 0 aliphatic carbocycles. The van der Waals surface area contributed by atoms with E-state index in [-0.39, 0.29) is 6.04 Å². The number of anilines is 1. The van der Waals surface area contributed by atoms with Gasteiger partial charge in [0.05, 0.1) is 6.04 Å². The summed E-state index contributed by atoms with van der Waals surface area (Å²) in [5.41, 5.74) is 8.32. The third-order valence-electron chi connectivity index (χ3n) is 3.04. The van der Waals surface area contributed by atoms with E-state index in [0.29, 0.717) is 12.5 Å². The van der Waals surface area contributed by atoms with Crippen LogP contribution in [0, 0.1) is 0 Å². The van der Waals surface area contributed by atoms with Crippen molar-refractivity contribution >= 4 is 17.0 Å². The van der Waals surface area contributed by atoms with E-state index in [1.165, 1.54) is 10.4 Å². The van der Waals surface area contributed by atoms with Crippen LogP contribution in [0.2, 0.25) is 0 Å². The summed E-state index contributed by atoms with van der Waals surface area (Å²) in [6.45, 7) is 5.01. The van der Waals surface area contributed by atoms with Gasteiger partial charge in [-0.2, -0.15) is 0 Å². The summed E-state index contributed by atoms with van der Waals surface area (Å²) in [6.07, 6.45) is 0. The molecule has 0 radical (unpaired) electrons. The quantitative estimate of drug-likeness (QED) is 0.853. The molecule has 0 aliphatic heterocycles. The number of nitrogens with two attached hydrogens (primary N) is 1. The molecule has 18 heavy (non-hydrogen) atoms. The van der Waals surface area contributed by atoms with E-state index in [0.717, 1.165) is 5.69 Å². The lowest BCUT2D eigenvalue weighted by atomic mass is 10.0. The third-order valence-corrected chi connectivity index (χ3v) is 4.03. The van der Waals surface area contributed by atoms with Crippen molar-refractivity contribution in [2.75, 3.05) is 11.9 Å². The number of hydrogen-bond donors (Lipinski definition) is 2. The van der Waals surface area contributed by atoms with Gasteiger partial charge in [0.1, 0.15) is 0 Å². The van der Waals surface area contributed by atoms with Crippen molar-refractivity contribution in [1.82, 2.24) is 0 Å². The highest BCUT2D eigenvalue weighted by atomic mass is 32.1. The minimum atomic E-state index is 0.204. The first-order valence-corrected chi connectivity index (χ1v) is 7.18. The van der Waals surface area contributed by atoms with Crippen LogP contribution in [0.15, 0.2) is 41.8 Å². The van der Waals surface area contributed by atoms with Crippen LogP contribution < -0.4 is 11.1 Å². The van der Waals surface area contributed by atoms with Gasteiger partial charge in [0.15, 0.2) is 0 Å². The summed E-state index contributed by atoms with van der Waals surface area (Å²) in [7, 11) is 0. The number of benzene rings is 1. The summed E-state index contributed by atoms with van der Waals surface area (Å²) in [5, 5.41) is 5.57. The molecule has 3 heteroatoms. The van der Waals surface area contributed by atoms with E-state index in [2.05, 4.69) is 60.9 Å². The molecule has 0 spiro atoms. The lowest BCUT2D eigenvalue weighted by molar-refractivity contribution is 0.805. The van der Waals surface area contributed by atoms with E-state index in [1.54, 1.807) is 11.3 Å². The lowest BCUT2D eigenvalue weighted by Crippen LogP contribution is -2.19. The summed E-state index contributed by atoms with van der Waals surface area (Å²) in [4.78, 5) is 1.28. The second-order valence-corrected chi connectivity index (χ2v) is 5.70. The van der Waals surface area contributed by atoms with Gasteiger partial charge in [0, 0.05) is 17.1 Å². The molecule has 0 aliphatic rings. The van der Waals surface area contributed by atoms with Crippen LogP contribution in [-0.2, 0) is 0 Å². The zero-order chi connectivity index (χ0) is 13.0. The predicted molar refractivity (Wildman–Crippen MR) is 80.3 cm³/mol. The van der Waals surface area contributed by atoms with Gasteiger partial charge >= 0.3 is 0 Å². The lowest BCUT2D eigenvalue weighted by Gasteiger charge is -2.17. The summed E-state index contributed by atoms with van der Waals surface area (Å²) in [5.74, 6) is 0.571. The maximum Gasteiger partial charge on any atom is 0.0728 e. The third kappa shape index (κ3) is 3.12. The van der Waals surface area contributed by atoms with Gasteiger partial charge in [-0.05, 0) is 35.1 Å². The molecule has 2 nitrogen and oxygen atoms in total. The van der Waals surface area contributed by atoms with Gasteiger partial charge in [-0.1, -0.05) is 32.0 Å². The van der Waals surface area contributed by atoms with Crippen molar-refractivity contribution < 1.29 is 0 Å². The fourth-order valence-corrected chi connectivity index (χ4v) is 2.69. The Bertz CT molecular complexity index is 460. The molecular formula is C15H20N2S. The topological polar surface area (TPSA) is 38.0 Å². The molecule has 3 N–H and O–H groups in total. The zero-order valence-electron chi connectivity index (χ0n) is 10.9. The van der Waals surface area contributed by atoms with Crippen LogP contribution >= 0.6 is 11.3 Å². The van der Waals surface area contributed by atoms with E-state index < -0.39 is 0 Å². The van der Waals surface area contributed by atoms with Crippen LogP contribution in [0.25, 0.3) is 0 Å². The second-order valence-electron chi connectivity index (χ2n) is 4.72. The molecule has 2 aromatic rings. The first-order chi connectivity index (χ1) is 8.70. The maximum absolute atomic E-state index is 5.83. The molecule has 0 bridgehead atoms. The maximum atomic E-state index is 5.83. The highest BCUT2D eigenvalue weighted by Crippen LogP contribution is 2.24. The van der Waals surface area contributed by atoms with E-state index in [1.807, 2.05) is 0 Å². The average molecular weight is 260 g/mol. The second kappa shape index (κ2) is 6.03. The Morgan fingerprint density at radius 3 is 2.39 bits per heavy atom. The smallest absolute Gasteiger partial charge is 0.0728 e. The van der Waals surface area contributed by atoms with Crippen LogP contribution in [0.5, 0.6) is 0 Å². The molecule has 1 aromatic carbocycles. The average Bonchev–Trinajstić information content (AvgIpc) is 2.90. The molecule has 0 saturated carbocycles. The monoisotopic (exact) mass is 260 g/mol. The summed E-state index contributed by atoms with van der Waals surface area (Å²) < 4.78 is 0. The molecule has 1 atom stereocenters. The number of rotatable bonds is 5. The first-order valence-electron chi connectivity index (χ1n) is 6.30. The van der Waals surface area contributed by atoms with Crippen LogP contribution in [0.1, 0.15) is 36.2 Å². The zero-order valence-corrected chi connectivity index (χ0v) is 11.7. The predicted octanol–water partition coefficient (Wildman–Crippen LogP) is 3.98. The minimum Gasteiger partial charge on any atom is -0.376 e. The van der Waals surface area contributed by atoms with Crippen LogP contribution in [0.3, 0.4) is 0 Å². The Labute approximate surface area is 113 Å². The van der Waals surface area contributed by atoms with Crippen molar-refractivity contribution in [1.29, 1.82) is 0 Å². The Morgan fingerprint density at radius 2 is 1.89 bits per heavy atom. The largest absolute Gasteiger partial charge is 0.376 e. The fraction of sp³-hybridized carbons (Fsp3) is 0.333. The van der Waals surface area contributed by atoms with Crippen LogP contribution in [0.4, 0.5) is 5.69 Å². The Morgan fingerprint density at radius 1 is 1.17 bits per heavy atom. The van der Waals surface area contributed by atoms with Crippen molar-refractivity contribution in [3.63, 3.8) is 0 Å². The van der Waals surface area contributed by atoms with Crippen molar-refractivity contribution in [2.45, 2.75) is 25.8 Å². The fourth-order valence-electron chi connectivity index (χ4n) is 1.90. The highest BCUT2D eigenvalue weighted by molar-refractivity contribution is 7.10. The first kappa shape index (κ1) is 13.1. The Balaban J connectivity index is 2.08. The van der Waals surface area contributed by atoms with E-state index >= 15 is 0 Å². The van der Waals surface area contributed by atoms with Gasteiger partial charge in [-0.3, -0.25) is 0 Å². The molecule has 1 aromatic heterocycles. The molecule has 0 saturated heterocycles. The van der Waals surface area contributed by atoms with Crippen molar-refractivity contribution in [3.05, 3.63) is 52.2 Å². The minimum absolute atomic E-state index is 0.204. The number of hydrogen-bond acceptors (Lipinski definition) is 3. The van der Waals surface area contributed by atoms with Crippen molar-refractivity contribution in [3.8, 4) is 0 Å². The van der Waals surface area contributed by atoms with Crippen molar-refractivity contribution in [2.24, 2.45) is 5.73 Å². The molecule has 0 fully saturated rings. The van der Waals surface area contributed by atoms with E-state index in [9.17, 15) is 0 Å². The summed E-state index contributed by atoms with van der Waals surface area (Å²) in [6, 6.07) is 13.0. The number of thiophene rings is 1. The molecule has 96 valence electrons. The SMILES string of the molecule is CC(C)c1ccc(NC(CN)c2cccs2)cc1. The Kier molecular flexibility index (Phi) is 4.39.